The van der Waals surface area contributed by atoms with Crippen molar-refractivity contribution in [3.63, 3.8) is 0 Å². The minimum Gasteiger partial charge on any atom is -0.394 e. The third-order valence-corrected chi connectivity index (χ3v) is 4.74. The number of rotatable bonds is 4. The zero-order valence-corrected chi connectivity index (χ0v) is 10.1. The first-order valence-electron chi connectivity index (χ1n) is 5.43. The van der Waals surface area contributed by atoms with Crippen molar-refractivity contribution in [1.29, 1.82) is 0 Å². The van der Waals surface area contributed by atoms with E-state index in [0.29, 0.717) is 12.8 Å². The van der Waals surface area contributed by atoms with Gasteiger partial charge in [0.2, 0.25) is 10.0 Å². The lowest BCUT2D eigenvalue weighted by Crippen LogP contribution is -2.49. The molecule has 0 aromatic carbocycles. The van der Waals surface area contributed by atoms with Gasteiger partial charge in [-0.05, 0) is 12.8 Å². The van der Waals surface area contributed by atoms with Crippen LogP contribution in [0.5, 0.6) is 0 Å². The van der Waals surface area contributed by atoms with Gasteiger partial charge in [-0.1, -0.05) is 12.8 Å². The molecule has 7 nitrogen and oxygen atoms in total. The van der Waals surface area contributed by atoms with Gasteiger partial charge in [0.05, 0.1) is 18.3 Å². The molecule has 2 rings (SSSR count). The van der Waals surface area contributed by atoms with Crippen molar-refractivity contribution in [3.05, 3.63) is 6.20 Å². The summed E-state index contributed by atoms with van der Waals surface area (Å²) in [6, 6.07) is 0. The number of nitrogens with two attached hydrogens (primary N) is 1. The van der Waals surface area contributed by atoms with Gasteiger partial charge in [0.1, 0.15) is 10.7 Å². The molecule has 8 heteroatoms. The molecule has 0 radical (unpaired) electrons. The maximum atomic E-state index is 12.1. The van der Waals surface area contributed by atoms with E-state index in [1.165, 1.54) is 0 Å². The van der Waals surface area contributed by atoms with Crippen LogP contribution < -0.4 is 10.5 Å². The average molecular weight is 260 g/mol. The van der Waals surface area contributed by atoms with Crippen LogP contribution in [0.4, 0.5) is 5.82 Å². The Morgan fingerprint density at radius 1 is 1.53 bits per heavy atom. The van der Waals surface area contributed by atoms with Gasteiger partial charge < -0.3 is 10.8 Å². The van der Waals surface area contributed by atoms with Crippen molar-refractivity contribution in [3.8, 4) is 0 Å². The van der Waals surface area contributed by atoms with Crippen molar-refractivity contribution in [1.82, 2.24) is 14.9 Å². The van der Waals surface area contributed by atoms with E-state index in [9.17, 15) is 13.5 Å². The molecule has 96 valence electrons. The molecule has 0 spiro atoms. The zero-order valence-electron chi connectivity index (χ0n) is 9.31. The third-order valence-electron chi connectivity index (χ3n) is 3.14. The maximum absolute atomic E-state index is 12.1. The largest absolute Gasteiger partial charge is 0.394 e. The highest BCUT2D eigenvalue weighted by Crippen LogP contribution is 2.31. The lowest BCUT2D eigenvalue weighted by molar-refractivity contribution is 0.185. The number of anilines is 1. The molecular formula is C9H16N4O3S. The Hall–Kier alpha value is -1.12. The van der Waals surface area contributed by atoms with Gasteiger partial charge in [0.25, 0.3) is 0 Å². The number of aromatic nitrogens is 2. The number of aliphatic hydroxyl groups is 1. The van der Waals surface area contributed by atoms with Gasteiger partial charge in [-0.25, -0.2) is 13.1 Å². The molecule has 0 amide bonds. The third kappa shape index (κ3) is 2.28. The molecule has 1 aromatic rings. The van der Waals surface area contributed by atoms with E-state index in [0.717, 1.165) is 19.0 Å². The Labute approximate surface area is 99.5 Å². The number of aliphatic hydroxyl groups excluding tert-OH is 1. The first kappa shape index (κ1) is 12.3. The molecule has 1 aromatic heterocycles. The summed E-state index contributed by atoms with van der Waals surface area (Å²) >= 11 is 0. The van der Waals surface area contributed by atoms with E-state index in [1.54, 1.807) is 0 Å². The first-order chi connectivity index (χ1) is 7.99. The topological polar surface area (TPSA) is 121 Å². The Morgan fingerprint density at radius 2 is 2.18 bits per heavy atom. The van der Waals surface area contributed by atoms with Gasteiger partial charge in [-0.15, -0.1) is 0 Å². The fourth-order valence-electron chi connectivity index (χ4n) is 2.18. The number of nitrogen functional groups attached to an aromatic ring is 1. The Morgan fingerprint density at radius 3 is 2.65 bits per heavy atom. The van der Waals surface area contributed by atoms with Crippen molar-refractivity contribution in [2.45, 2.75) is 36.1 Å². The van der Waals surface area contributed by atoms with E-state index in [4.69, 9.17) is 5.73 Å². The zero-order chi connectivity index (χ0) is 12.5. The monoisotopic (exact) mass is 260 g/mol. The molecule has 0 aliphatic heterocycles. The molecule has 0 bridgehead atoms. The molecule has 1 fully saturated rings. The van der Waals surface area contributed by atoms with Crippen LogP contribution in [-0.2, 0) is 10.0 Å². The van der Waals surface area contributed by atoms with Crippen LogP contribution in [0.2, 0.25) is 0 Å². The SMILES string of the molecule is Nc1[nH]ncc1S(=O)(=O)NC1(CO)CCCC1. The number of sulfonamides is 1. The Kier molecular flexibility index (Phi) is 3.11. The summed E-state index contributed by atoms with van der Waals surface area (Å²) in [5, 5.41) is 15.3. The predicted molar refractivity (Wildman–Crippen MR) is 61.6 cm³/mol. The van der Waals surface area contributed by atoms with Crippen molar-refractivity contribution in [2.24, 2.45) is 0 Å². The highest BCUT2D eigenvalue weighted by atomic mass is 32.2. The van der Waals surface area contributed by atoms with Crippen LogP contribution in [0.25, 0.3) is 0 Å². The highest BCUT2D eigenvalue weighted by Gasteiger charge is 2.38. The fourth-order valence-corrected chi connectivity index (χ4v) is 3.66. The van der Waals surface area contributed by atoms with Crippen molar-refractivity contribution >= 4 is 15.8 Å². The number of hydrogen-bond acceptors (Lipinski definition) is 5. The van der Waals surface area contributed by atoms with E-state index >= 15 is 0 Å². The quantitative estimate of drug-likeness (QED) is 0.585. The lowest BCUT2D eigenvalue weighted by atomic mass is 10.0. The van der Waals surface area contributed by atoms with Gasteiger partial charge in [-0.2, -0.15) is 5.10 Å². The fraction of sp³-hybridized carbons (Fsp3) is 0.667. The summed E-state index contributed by atoms with van der Waals surface area (Å²) in [6.07, 6.45) is 4.26. The van der Waals surface area contributed by atoms with E-state index in [1.807, 2.05) is 0 Å². The van der Waals surface area contributed by atoms with Gasteiger partial charge >= 0.3 is 0 Å². The molecular weight excluding hydrogens is 244 g/mol. The minimum absolute atomic E-state index is 0.00332. The maximum Gasteiger partial charge on any atom is 0.246 e. The number of nitrogens with one attached hydrogen (secondary N) is 2. The minimum atomic E-state index is -3.73. The van der Waals surface area contributed by atoms with Crippen LogP contribution >= 0.6 is 0 Å². The van der Waals surface area contributed by atoms with Crippen LogP contribution in [0.15, 0.2) is 11.1 Å². The summed E-state index contributed by atoms with van der Waals surface area (Å²) < 4.78 is 26.7. The molecule has 5 N–H and O–H groups in total. The second-order valence-electron chi connectivity index (χ2n) is 4.40. The highest BCUT2D eigenvalue weighted by molar-refractivity contribution is 7.89. The Bertz CT molecular complexity index is 490. The summed E-state index contributed by atoms with van der Waals surface area (Å²) in [5.74, 6) is 0.00332. The molecule has 1 aliphatic carbocycles. The average Bonchev–Trinajstić information content (AvgIpc) is 2.87. The summed E-state index contributed by atoms with van der Waals surface area (Å²) in [5.41, 5.74) is 4.74. The molecule has 1 saturated carbocycles. The normalized spacial score (nSPS) is 19.6. The van der Waals surface area contributed by atoms with Gasteiger partial charge in [-0.3, -0.25) is 5.10 Å². The summed E-state index contributed by atoms with van der Waals surface area (Å²) in [7, 11) is -3.73. The molecule has 0 unspecified atom stereocenters. The first-order valence-corrected chi connectivity index (χ1v) is 6.91. The van der Waals surface area contributed by atoms with Gasteiger partial charge in [0, 0.05) is 0 Å². The smallest absolute Gasteiger partial charge is 0.246 e. The van der Waals surface area contributed by atoms with Crippen molar-refractivity contribution in [2.75, 3.05) is 12.3 Å². The number of aromatic amines is 1. The second kappa shape index (κ2) is 4.28. The lowest BCUT2D eigenvalue weighted by Gasteiger charge is -2.27. The molecule has 17 heavy (non-hydrogen) atoms. The van der Waals surface area contributed by atoms with Crippen LogP contribution in [0.3, 0.4) is 0 Å². The van der Waals surface area contributed by atoms with Crippen LogP contribution in [-0.4, -0.2) is 35.9 Å². The molecule has 0 atom stereocenters. The molecule has 0 saturated heterocycles. The number of H-pyrrole nitrogens is 1. The van der Waals surface area contributed by atoms with E-state index < -0.39 is 15.6 Å². The van der Waals surface area contributed by atoms with Crippen molar-refractivity contribution < 1.29 is 13.5 Å². The summed E-state index contributed by atoms with van der Waals surface area (Å²) in [4.78, 5) is -0.0720. The number of hydrogen-bond donors (Lipinski definition) is 4. The standard InChI is InChI=1S/C9H16N4O3S/c10-8-7(5-11-12-8)17(15,16)13-9(6-14)3-1-2-4-9/h5,13-14H,1-4,6H2,(H3,10,11,12). The van der Waals surface area contributed by atoms with Crippen LogP contribution in [0.1, 0.15) is 25.7 Å². The summed E-state index contributed by atoms with van der Waals surface area (Å²) in [6.45, 7) is -0.204. The van der Waals surface area contributed by atoms with E-state index in [-0.39, 0.29) is 17.3 Å². The van der Waals surface area contributed by atoms with Crippen LogP contribution in [0, 0.1) is 0 Å². The predicted octanol–water partition coefficient (Wildman–Crippen LogP) is -0.425. The molecule has 1 heterocycles. The number of nitrogens with zero attached hydrogens (tertiary/aromatic N) is 1. The second-order valence-corrected chi connectivity index (χ2v) is 6.05. The Balaban J connectivity index is 2.26. The van der Waals surface area contributed by atoms with E-state index in [2.05, 4.69) is 14.9 Å². The molecule has 1 aliphatic rings. The van der Waals surface area contributed by atoms with Gasteiger partial charge in [0.15, 0.2) is 0 Å².